The molecule has 2 aromatic rings. The van der Waals surface area contributed by atoms with Gasteiger partial charge in [-0.2, -0.15) is 4.98 Å². The number of likely N-dealkylation sites (tertiary alicyclic amines) is 1. The lowest BCUT2D eigenvalue weighted by Crippen LogP contribution is -2.37. The topological polar surface area (TPSA) is 62.4 Å². The number of aliphatic hydroxyl groups is 1. The smallest absolute Gasteiger partial charge is 0.229 e. The fraction of sp³-hybridized carbons (Fsp3) is 0.556. The van der Waals surface area contributed by atoms with Crippen LogP contribution in [0.5, 0.6) is 0 Å². The van der Waals surface area contributed by atoms with Gasteiger partial charge in [-0.15, -0.1) is 0 Å². The van der Waals surface area contributed by atoms with Crippen LogP contribution < -0.4 is 0 Å². The van der Waals surface area contributed by atoms with Crippen LogP contribution in [0.1, 0.15) is 60.9 Å². The van der Waals surface area contributed by atoms with Crippen LogP contribution in [-0.4, -0.2) is 39.8 Å². The Hall–Kier alpha value is -1.79. The van der Waals surface area contributed by atoms with Crippen molar-refractivity contribution in [2.24, 2.45) is 0 Å². The standard InChI is InChI=1S/C18H22FN3O2/c19-15-5-1-3-13(9-15)16(23)11-22-8-2-4-14(10-22)17-20-18(24-21-17)12-6-7-12/h1,3,5,9,12,14,16,23H,2,4,6-8,10-11H2/t14-,16+/m0/s1. The summed E-state index contributed by atoms with van der Waals surface area (Å²) < 4.78 is 18.7. The molecule has 0 spiro atoms. The van der Waals surface area contributed by atoms with Crippen molar-refractivity contribution in [1.29, 1.82) is 0 Å². The lowest BCUT2D eigenvalue weighted by atomic mass is 9.96. The maximum atomic E-state index is 13.3. The van der Waals surface area contributed by atoms with E-state index in [0.717, 1.165) is 50.5 Å². The molecule has 2 aliphatic rings. The Bertz CT molecular complexity index is 701. The molecule has 2 atom stereocenters. The molecule has 4 rings (SSSR count). The Balaban J connectivity index is 1.38. The van der Waals surface area contributed by atoms with Crippen molar-refractivity contribution in [1.82, 2.24) is 15.0 Å². The molecule has 1 N–H and O–H groups in total. The number of β-amino-alcohol motifs (C(OH)–C–C–N with tert-alkyl or cyclic N) is 1. The summed E-state index contributed by atoms with van der Waals surface area (Å²) in [4.78, 5) is 6.77. The molecule has 6 heteroatoms. The zero-order chi connectivity index (χ0) is 16.5. The molecule has 1 aromatic heterocycles. The van der Waals surface area contributed by atoms with E-state index < -0.39 is 6.10 Å². The van der Waals surface area contributed by atoms with Crippen molar-refractivity contribution in [3.8, 4) is 0 Å². The van der Waals surface area contributed by atoms with Crippen molar-refractivity contribution >= 4 is 0 Å². The first-order chi connectivity index (χ1) is 11.7. The molecule has 2 heterocycles. The van der Waals surface area contributed by atoms with Crippen molar-refractivity contribution in [2.75, 3.05) is 19.6 Å². The Morgan fingerprint density at radius 3 is 2.96 bits per heavy atom. The highest BCUT2D eigenvalue weighted by atomic mass is 19.1. The Kier molecular flexibility index (Phi) is 4.33. The molecule has 24 heavy (non-hydrogen) atoms. The molecular weight excluding hydrogens is 309 g/mol. The number of rotatable bonds is 5. The van der Waals surface area contributed by atoms with Gasteiger partial charge in [0.25, 0.3) is 0 Å². The lowest BCUT2D eigenvalue weighted by Gasteiger charge is -2.32. The highest BCUT2D eigenvalue weighted by molar-refractivity contribution is 5.19. The molecule has 0 amide bonds. The summed E-state index contributed by atoms with van der Waals surface area (Å²) in [5.41, 5.74) is 0.618. The maximum absolute atomic E-state index is 13.3. The highest BCUT2D eigenvalue weighted by Crippen LogP contribution is 2.39. The van der Waals surface area contributed by atoms with Gasteiger partial charge in [0.15, 0.2) is 5.82 Å². The third kappa shape index (κ3) is 3.49. The second-order valence-electron chi connectivity index (χ2n) is 6.93. The summed E-state index contributed by atoms with van der Waals surface area (Å²) in [7, 11) is 0. The second kappa shape index (κ2) is 6.61. The number of halogens is 1. The van der Waals surface area contributed by atoms with Gasteiger partial charge >= 0.3 is 0 Å². The largest absolute Gasteiger partial charge is 0.387 e. The highest BCUT2D eigenvalue weighted by Gasteiger charge is 2.32. The zero-order valence-electron chi connectivity index (χ0n) is 13.6. The number of aliphatic hydroxyl groups excluding tert-OH is 1. The fourth-order valence-corrected chi connectivity index (χ4v) is 3.41. The number of aromatic nitrogens is 2. The summed E-state index contributed by atoms with van der Waals surface area (Å²) >= 11 is 0. The summed E-state index contributed by atoms with van der Waals surface area (Å²) in [5.74, 6) is 1.97. The van der Waals surface area contributed by atoms with Crippen LogP contribution in [0.2, 0.25) is 0 Å². The summed E-state index contributed by atoms with van der Waals surface area (Å²) in [6, 6.07) is 6.18. The van der Waals surface area contributed by atoms with E-state index in [0.29, 0.717) is 18.0 Å². The summed E-state index contributed by atoms with van der Waals surface area (Å²) in [5, 5.41) is 14.5. The Morgan fingerprint density at radius 2 is 2.17 bits per heavy atom. The van der Waals surface area contributed by atoms with Gasteiger partial charge in [0.1, 0.15) is 5.82 Å². The molecule has 128 valence electrons. The van der Waals surface area contributed by atoms with E-state index in [-0.39, 0.29) is 11.7 Å². The monoisotopic (exact) mass is 331 g/mol. The number of nitrogens with zero attached hydrogens (tertiary/aromatic N) is 3. The molecule has 0 bridgehead atoms. The number of benzene rings is 1. The molecule has 0 radical (unpaired) electrons. The first kappa shape index (κ1) is 15.7. The Labute approximate surface area is 140 Å². The van der Waals surface area contributed by atoms with Gasteiger partial charge in [-0.1, -0.05) is 17.3 Å². The van der Waals surface area contributed by atoms with E-state index in [1.807, 2.05) is 0 Å². The average Bonchev–Trinajstić information content (AvgIpc) is 3.32. The van der Waals surface area contributed by atoms with Crippen LogP contribution in [0.25, 0.3) is 0 Å². The maximum Gasteiger partial charge on any atom is 0.229 e. The van der Waals surface area contributed by atoms with Crippen LogP contribution in [0, 0.1) is 5.82 Å². The summed E-state index contributed by atoms with van der Waals surface area (Å²) in [6.07, 6.45) is 3.69. The van der Waals surface area contributed by atoms with Gasteiger partial charge in [-0.3, -0.25) is 4.90 Å². The SMILES string of the molecule is O[C@H](CN1CCC[C@H](c2noc(C3CC3)n2)C1)c1cccc(F)c1. The van der Waals surface area contributed by atoms with Crippen molar-refractivity contribution in [3.63, 3.8) is 0 Å². The van der Waals surface area contributed by atoms with Gasteiger partial charge in [-0.25, -0.2) is 4.39 Å². The second-order valence-corrected chi connectivity index (χ2v) is 6.93. The first-order valence-electron chi connectivity index (χ1n) is 8.68. The summed E-state index contributed by atoms with van der Waals surface area (Å²) in [6.45, 7) is 2.22. The quantitative estimate of drug-likeness (QED) is 0.912. The Morgan fingerprint density at radius 1 is 1.29 bits per heavy atom. The first-order valence-corrected chi connectivity index (χ1v) is 8.68. The molecule has 1 aliphatic carbocycles. The van der Waals surface area contributed by atoms with Crippen LogP contribution >= 0.6 is 0 Å². The zero-order valence-corrected chi connectivity index (χ0v) is 13.6. The van der Waals surface area contributed by atoms with Gasteiger partial charge in [0.05, 0.1) is 6.10 Å². The van der Waals surface area contributed by atoms with Gasteiger partial charge in [0.2, 0.25) is 5.89 Å². The van der Waals surface area contributed by atoms with E-state index >= 15 is 0 Å². The normalized spacial score (nSPS) is 23.3. The van der Waals surface area contributed by atoms with E-state index in [1.165, 1.54) is 12.1 Å². The van der Waals surface area contributed by atoms with Crippen LogP contribution in [0.3, 0.4) is 0 Å². The number of hydrogen-bond donors (Lipinski definition) is 1. The third-order valence-electron chi connectivity index (χ3n) is 4.92. The minimum Gasteiger partial charge on any atom is -0.387 e. The van der Waals surface area contributed by atoms with E-state index in [9.17, 15) is 9.50 Å². The molecule has 2 fully saturated rings. The molecule has 1 aromatic carbocycles. The molecule has 1 saturated carbocycles. The number of hydrogen-bond acceptors (Lipinski definition) is 5. The minimum atomic E-state index is -0.688. The van der Waals surface area contributed by atoms with Crippen LogP contribution in [0.4, 0.5) is 4.39 Å². The molecule has 1 aliphatic heterocycles. The third-order valence-corrected chi connectivity index (χ3v) is 4.92. The van der Waals surface area contributed by atoms with Crippen molar-refractivity contribution < 1.29 is 14.0 Å². The fourth-order valence-electron chi connectivity index (χ4n) is 3.41. The molecule has 0 unspecified atom stereocenters. The van der Waals surface area contributed by atoms with E-state index in [2.05, 4.69) is 15.0 Å². The number of piperidine rings is 1. The van der Waals surface area contributed by atoms with E-state index in [4.69, 9.17) is 4.52 Å². The molecular formula is C18H22FN3O2. The van der Waals surface area contributed by atoms with Crippen molar-refractivity contribution in [3.05, 3.63) is 47.4 Å². The predicted molar refractivity (Wildman–Crippen MR) is 86.0 cm³/mol. The lowest BCUT2D eigenvalue weighted by molar-refractivity contribution is 0.0940. The van der Waals surface area contributed by atoms with Gasteiger partial charge < -0.3 is 9.63 Å². The molecule has 1 saturated heterocycles. The van der Waals surface area contributed by atoms with Crippen LogP contribution in [-0.2, 0) is 0 Å². The molecule has 5 nitrogen and oxygen atoms in total. The van der Waals surface area contributed by atoms with Gasteiger partial charge in [0, 0.05) is 24.9 Å². The predicted octanol–water partition coefficient (Wildman–Crippen LogP) is 3.00. The van der Waals surface area contributed by atoms with E-state index in [1.54, 1.807) is 12.1 Å². The van der Waals surface area contributed by atoms with Crippen LogP contribution in [0.15, 0.2) is 28.8 Å². The van der Waals surface area contributed by atoms with Gasteiger partial charge in [-0.05, 0) is 49.9 Å². The van der Waals surface area contributed by atoms with Crippen molar-refractivity contribution in [2.45, 2.75) is 43.6 Å². The minimum absolute atomic E-state index is 0.245. The average molecular weight is 331 g/mol.